The Morgan fingerprint density at radius 2 is 0.364 bits per heavy atom. The average molecular weight is 1510 g/mol. The predicted octanol–water partition coefficient (Wildman–Crippen LogP) is 28.9. The maximum Gasteiger partial charge on any atom is 0.115 e. The minimum Gasteiger partial charge on any atom is -0.309 e. The first kappa shape index (κ1) is 67.4. The van der Waals surface area contributed by atoms with Gasteiger partial charge < -0.3 is 28.1 Å². The molecule has 2 aliphatic heterocycles. The normalized spacial score (nSPS) is 13.5. The zero-order valence-corrected chi connectivity index (χ0v) is 65.5. The van der Waals surface area contributed by atoms with Gasteiger partial charge in [-0.15, -0.1) is 0 Å². The quantitative estimate of drug-likeness (QED) is 0.137. The fourth-order valence-corrected chi connectivity index (χ4v) is 20.1. The Balaban J connectivity index is 0.656. The lowest BCUT2D eigenvalue weighted by atomic mass is 9.72. The van der Waals surface area contributed by atoms with Crippen LogP contribution in [-0.4, -0.2) is 28.2 Å². The van der Waals surface area contributed by atoms with Crippen molar-refractivity contribution in [3.63, 3.8) is 0 Å². The van der Waals surface area contributed by atoms with Crippen molar-refractivity contribution >= 4 is 132 Å². The Kier molecular flexibility index (Phi) is 14.7. The van der Waals surface area contributed by atoms with Crippen molar-refractivity contribution in [2.75, 3.05) is 9.80 Å². The minimum absolute atomic E-state index is 0.477. The second-order valence-corrected chi connectivity index (χ2v) is 32.9. The van der Waals surface area contributed by atoms with E-state index in [9.17, 15) is 0 Å². The van der Waals surface area contributed by atoms with Crippen molar-refractivity contribution < 1.29 is 0 Å². The molecule has 7 heterocycles. The maximum atomic E-state index is 5.49. The summed E-state index contributed by atoms with van der Waals surface area (Å²) in [6, 6.07) is 139. The Labute approximate surface area is 682 Å². The summed E-state index contributed by atoms with van der Waals surface area (Å²) in [7, 11) is 0. The SMILES string of the molecule is CC1(C)c2cc(-c3ccc(-n4c5ccccc5c5ccccc54)cc3)ccc2N(c2ccc(N3c4ccc(-c5ccc(-n6c7ccccc7c7ccccc76)cc5)cc4C(C)(C)c4cc(-c5ccc(-n6c7ccccc7c7ccccc76)cc5)ccc43)c3nccnc23)c2ccc(-c3ccc(-n4c5ccccc5c5ccccc54)cc3)cc21. The van der Waals surface area contributed by atoms with E-state index in [1.807, 2.05) is 12.4 Å². The zero-order chi connectivity index (χ0) is 78.2. The molecule has 0 N–H and O–H groups in total. The maximum absolute atomic E-state index is 5.49. The van der Waals surface area contributed by atoms with Gasteiger partial charge in [0.25, 0.3) is 0 Å². The molecule has 0 saturated carbocycles. The summed E-state index contributed by atoms with van der Waals surface area (Å²) < 4.78 is 9.58. The van der Waals surface area contributed by atoms with Crippen LogP contribution in [0.4, 0.5) is 34.1 Å². The van der Waals surface area contributed by atoms with Crippen LogP contribution in [0.15, 0.2) is 389 Å². The molecule has 24 rings (SSSR count). The van der Waals surface area contributed by atoms with Crippen LogP contribution >= 0.6 is 0 Å². The summed E-state index contributed by atoms with van der Waals surface area (Å²) in [6.45, 7) is 9.61. The highest BCUT2D eigenvalue weighted by Crippen LogP contribution is 2.58. The third kappa shape index (κ3) is 10.0. The van der Waals surface area contributed by atoms with Crippen LogP contribution in [0.3, 0.4) is 0 Å². The van der Waals surface area contributed by atoms with Gasteiger partial charge in [0, 0.05) is 89.1 Å². The van der Waals surface area contributed by atoms with E-state index in [4.69, 9.17) is 9.97 Å². The number of aromatic nitrogens is 6. The van der Waals surface area contributed by atoms with E-state index in [1.54, 1.807) is 0 Å². The number of fused-ring (bicyclic) bond motifs is 17. The third-order valence-electron chi connectivity index (χ3n) is 25.9. The van der Waals surface area contributed by atoms with Crippen LogP contribution in [0, 0.1) is 0 Å². The van der Waals surface area contributed by atoms with Gasteiger partial charge in [-0.1, -0.05) is 246 Å². The molecule has 22 aromatic rings. The van der Waals surface area contributed by atoms with Crippen molar-refractivity contribution in [1.29, 1.82) is 0 Å². The highest BCUT2D eigenvalue weighted by molar-refractivity contribution is 6.13. The molecule has 0 radical (unpaired) electrons. The molecule has 0 atom stereocenters. The number of hydrogen-bond donors (Lipinski definition) is 0. The molecule has 0 aliphatic carbocycles. The number of para-hydroxylation sites is 8. The van der Waals surface area contributed by atoms with Crippen LogP contribution in [-0.2, 0) is 10.8 Å². The van der Waals surface area contributed by atoms with Gasteiger partial charge in [0.05, 0.1) is 78.3 Å². The number of hydrogen-bond acceptors (Lipinski definition) is 4. The number of rotatable bonds is 10. The van der Waals surface area contributed by atoms with E-state index < -0.39 is 10.8 Å². The van der Waals surface area contributed by atoms with Gasteiger partial charge >= 0.3 is 0 Å². The molecule has 0 bridgehead atoms. The molecule has 0 unspecified atom stereocenters. The van der Waals surface area contributed by atoms with E-state index in [1.165, 1.54) is 109 Å². The van der Waals surface area contributed by atoms with Crippen molar-refractivity contribution in [3.8, 4) is 67.3 Å². The van der Waals surface area contributed by atoms with Crippen LogP contribution in [0.1, 0.15) is 49.9 Å². The van der Waals surface area contributed by atoms with E-state index in [0.717, 1.165) is 112 Å². The number of anilines is 6. The molecule has 0 fully saturated rings. The zero-order valence-electron chi connectivity index (χ0n) is 65.5. The highest BCUT2D eigenvalue weighted by Gasteiger charge is 2.42. The summed E-state index contributed by atoms with van der Waals surface area (Å²) in [6.07, 6.45) is 3.73. The lowest BCUT2D eigenvalue weighted by Gasteiger charge is -2.44. The van der Waals surface area contributed by atoms with Gasteiger partial charge in [-0.2, -0.15) is 0 Å². The van der Waals surface area contributed by atoms with Gasteiger partial charge in [-0.25, -0.2) is 0 Å². The Morgan fingerprint density at radius 1 is 0.186 bits per heavy atom. The average Bonchev–Trinajstić information content (AvgIpc) is 1.15. The number of nitrogens with zero attached hydrogens (tertiary/aromatic N) is 8. The molecule has 0 saturated heterocycles. The fourth-order valence-electron chi connectivity index (χ4n) is 20.1. The predicted molar refractivity (Wildman–Crippen MR) is 492 cm³/mol. The summed E-state index contributed by atoms with van der Waals surface area (Å²) in [5.41, 5.74) is 34.9. The van der Waals surface area contributed by atoms with E-state index in [0.29, 0.717) is 0 Å². The summed E-state index contributed by atoms with van der Waals surface area (Å²) >= 11 is 0. The third-order valence-corrected chi connectivity index (χ3v) is 25.9. The molecular formula is C110H76N8. The highest BCUT2D eigenvalue weighted by atomic mass is 15.2. The largest absolute Gasteiger partial charge is 0.309 e. The second-order valence-electron chi connectivity index (χ2n) is 32.9. The molecule has 0 spiro atoms. The molecule has 0 amide bonds. The van der Waals surface area contributed by atoms with Crippen LogP contribution in [0.2, 0.25) is 0 Å². The summed E-state index contributed by atoms with van der Waals surface area (Å²) in [5.74, 6) is 0. The van der Waals surface area contributed by atoms with Crippen molar-refractivity contribution in [2.45, 2.75) is 38.5 Å². The van der Waals surface area contributed by atoms with Crippen LogP contribution in [0.25, 0.3) is 166 Å². The first-order chi connectivity index (χ1) is 58.1. The molecule has 8 heteroatoms. The van der Waals surface area contributed by atoms with Gasteiger partial charge in [0.15, 0.2) is 0 Å². The van der Waals surface area contributed by atoms with Gasteiger partial charge in [0.2, 0.25) is 0 Å². The molecule has 556 valence electrons. The summed E-state index contributed by atoms with van der Waals surface area (Å²) in [5, 5.41) is 9.97. The molecule has 2 aliphatic rings. The fraction of sp³-hybridized carbons (Fsp3) is 0.0545. The topological polar surface area (TPSA) is 52.0 Å². The molecule has 17 aromatic carbocycles. The second kappa shape index (κ2) is 25.7. The lowest BCUT2D eigenvalue weighted by molar-refractivity contribution is 0.632. The van der Waals surface area contributed by atoms with Crippen LogP contribution in [0.5, 0.6) is 0 Å². The number of benzene rings is 17. The monoisotopic (exact) mass is 1510 g/mol. The molecule has 8 nitrogen and oxygen atoms in total. The van der Waals surface area contributed by atoms with E-state index in [-0.39, 0.29) is 0 Å². The van der Waals surface area contributed by atoms with Crippen molar-refractivity contribution in [1.82, 2.24) is 28.2 Å². The first-order valence-corrected chi connectivity index (χ1v) is 40.8. The Hall–Kier alpha value is -15.1. The van der Waals surface area contributed by atoms with Crippen molar-refractivity contribution in [2.24, 2.45) is 0 Å². The van der Waals surface area contributed by atoms with Gasteiger partial charge in [-0.05, 0) is 224 Å². The van der Waals surface area contributed by atoms with Gasteiger partial charge in [0.1, 0.15) is 11.0 Å². The van der Waals surface area contributed by atoms with E-state index in [2.05, 4.69) is 432 Å². The molecular weight excluding hydrogens is 1430 g/mol. The van der Waals surface area contributed by atoms with E-state index >= 15 is 0 Å². The molecule has 5 aromatic heterocycles. The first-order valence-electron chi connectivity index (χ1n) is 40.8. The Bertz CT molecular complexity index is 6820. The van der Waals surface area contributed by atoms with Gasteiger partial charge in [-0.3, -0.25) is 9.97 Å². The lowest BCUT2D eigenvalue weighted by Crippen LogP contribution is -2.31. The summed E-state index contributed by atoms with van der Waals surface area (Å²) in [4.78, 5) is 15.9. The smallest absolute Gasteiger partial charge is 0.115 e. The van der Waals surface area contributed by atoms with Crippen molar-refractivity contribution in [3.05, 3.63) is 411 Å². The standard InChI is InChI=1S/C110H76N8/c1-109(2)89-65-73(69-37-49-77(50-38-69)113-93-29-13-5-21-81(93)82-22-6-14-30-94(82)113)45-57-101(89)117(102-58-46-74(66-90(102)109)70-39-51-78(52-40-70)114-95-31-15-7-23-83(95)84-24-8-16-32-96(84)114)105-61-62-106(108-107(105)111-63-64-112-108)118-103-59-47-75(71-41-53-79(54-42-71)115-97-33-17-9-25-85(97)86-26-10-18-34-98(86)115)67-91(103)110(3,4)92-68-76(48-60-104(92)118)72-43-55-80(56-44-72)116-99-35-19-11-27-87(99)88-28-12-20-36-100(88)116/h5-68H,1-4H3. The molecule has 118 heavy (non-hydrogen) atoms. The minimum atomic E-state index is -0.477. The van der Waals surface area contributed by atoms with Crippen LogP contribution < -0.4 is 9.80 Å². The Morgan fingerprint density at radius 3 is 0.568 bits per heavy atom.